The molecule has 3 aromatic rings. The number of halogens is 1. The molecule has 7 nitrogen and oxygen atoms in total. The van der Waals surface area contributed by atoms with E-state index in [1.165, 1.54) is 6.07 Å². The SMILES string of the molecule is Cc1cc(OC2CCS(=O)(=O)CC2)ncc1-c1ccc(F)c(COc2ccc3c(c2)CC2C(C(=O)O)C32)c1. The van der Waals surface area contributed by atoms with E-state index in [1.807, 2.05) is 31.2 Å². The average Bonchev–Trinajstić information content (AvgIpc) is 3.47. The molecule has 1 N–H and O–H groups in total. The fourth-order valence-electron chi connectivity index (χ4n) is 5.88. The number of sulfone groups is 1. The van der Waals surface area contributed by atoms with Crippen molar-refractivity contribution in [3.05, 3.63) is 76.7 Å². The summed E-state index contributed by atoms with van der Waals surface area (Å²) in [4.78, 5) is 15.7. The zero-order valence-electron chi connectivity index (χ0n) is 20.9. The van der Waals surface area contributed by atoms with Crippen molar-refractivity contribution in [3.63, 3.8) is 0 Å². The molecule has 2 fully saturated rings. The van der Waals surface area contributed by atoms with Crippen molar-refractivity contribution in [2.45, 2.75) is 44.8 Å². The van der Waals surface area contributed by atoms with Gasteiger partial charge in [0.25, 0.3) is 0 Å². The van der Waals surface area contributed by atoms with Gasteiger partial charge in [-0.05, 0) is 78.6 Å². The Morgan fingerprint density at radius 2 is 1.92 bits per heavy atom. The Bertz CT molecular complexity index is 1520. The minimum absolute atomic E-state index is 0.0569. The van der Waals surface area contributed by atoms with Gasteiger partial charge < -0.3 is 14.6 Å². The number of carboxylic acids is 1. The molecule has 0 spiro atoms. The van der Waals surface area contributed by atoms with Crippen LogP contribution >= 0.6 is 0 Å². The minimum Gasteiger partial charge on any atom is -0.489 e. The van der Waals surface area contributed by atoms with Gasteiger partial charge in [0.15, 0.2) is 9.84 Å². The van der Waals surface area contributed by atoms with Crippen LogP contribution in [0.3, 0.4) is 0 Å². The topological polar surface area (TPSA) is 103 Å². The number of rotatable bonds is 7. The van der Waals surface area contributed by atoms with Crippen molar-refractivity contribution >= 4 is 15.8 Å². The van der Waals surface area contributed by atoms with E-state index >= 15 is 0 Å². The van der Waals surface area contributed by atoms with Crippen molar-refractivity contribution < 1.29 is 32.2 Å². The van der Waals surface area contributed by atoms with Gasteiger partial charge in [-0.1, -0.05) is 12.1 Å². The predicted molar refractivity (Wildman–Crippen MR) is 139 cm³/mol. The number of hydrogen-bond donors (Lipinski definition) is 1. The van der Waals surface area contributed by atoms with Gasteiger partial charge in [0.05, 0.1) is 17.4 Å². The molecule has 0 bridgehead atoms. The molecule has 3 aliphatic rings. The molecule has 3 atom stereocenters. The summed E-state index contributed by atoms with van der Waals surface area (Å²) in [7, 11) is -2.96. The lowest BCUT2D eigenvalue weighted by atomic mass is 10.0. The Balaban J connectivity index is 1.13. The standard InChI is InChI=1S/C29H28FNO6S/c1-16-10-26(37-20-6-8-38(34,35)9-7-20)31-14-24(16)17-2-5-25(30)19(11-17)15-36-21-3-4-22-18(12-21)13-23-27(22)28(23)29(32)33/h2-5,10-12,14,20,23,27-28H,6-9,13,15H2,1H3,(H,32,33). The molecule has 3 unspecified atom stereocenters. The highest BCUT2D eigenvalue weighted by molar-refractivity contribution is 7.91. The number of carboxylic acid groups (broad SMARTS) is 1. The molecule has 6 rings (SSSR count). The molecule has 1 aromatic heterocycles. The highest BCUT2D eigenvalue weighted by atomic mass is 32.2. The largest absolute Gasteiger partial charge is 0.489 e. The first-order valence-electron chi connectivity index (χ1n) is 12.8. The third-order valence-corrected chi connectivity index (χ3v) is 9.72. The van der Waals surface area contributed by atoms with Crippen LogP contribution in [0.4, 0.5) is 4.39 Å². The van der Waals surface area contributed by atoms with E-state index in [-0.39, 0.29) is 47.8 Å². The van der Waals surface area contributed by atoms with E-state index in [4.69, 9.17) is 9.47 Å². The van der Waals surface area contributed by atoms with Gasteiger partial charge in [0.1, 0.15) is 24.3 Å². The van der Waals surface area contributed by atoms with Gasteiger partial charge >= 0.3 is 5.97 Å². The first-order valence-corrected chi connectivity index (χ1v) is 14.6. The van der Waals surface area contributed by atoms with E-state index in [1.54, 1.807) is 18.3 Å². The summed E-state index contributed by atoms with van der Waals surface area (Å²) < 4.78 is 49.8. The number of pyridine rings is 1. The monoisotopic (exact) mass is 537 g/mol. The second kappa shape index (κ2) is 9.38. The van der Waals surface area contributed by atoms with Crippen LogP contribution in [0.5, 0.6) is 11.6 Å². The molecule has 2 heterocycles. The van der Waals surface area contributed by atoms with Gasteiger partial charge in [-0.15, -0.1) is 0 Å². The molecule has 38 heavy (non-hydrogen) atoms. The Morgan fingerprint density at radius 1 is 1.13 bits per heavy atom. The second-order valence-corrected chi connectivity index (χ2v) is 12.8. The summed E-state index contributed by atoms with van der Waals surface area (Å²) in [6, 6.07) is 12.4. The Kier molecular flexibility index (Phi) is 6.13. The van der Waals surface area contributed by atoms with E-state index in [9.17, 15) is 22.7 Å². The van der Waals surface area contributed by atoms with Crippen molar-refractivity contribution in [1.29, 1.82) is 0 Å². The van der Waals surface area contributed by atoms with Crippen LogP contribution in [0.25, 0.3) is 11.1 Å². The number of fused-ring (bicyclic) bond motifs is 3. The molecule has 2 aliphatic carbocycles. The number of aryl methyl sites for hydroxylation is 1. The first kappa shape index (κ1) is 24.9. The minimum atomic E-state index is -2.96. The van der Waals surface area contributed by atoms with E-state index in [0.717, 1.165) is 34.2 Å². The maximum Gasteiger partial charge on any atom is 0.307 e. The van der Waals surface area contributed by atoms with Crippen LogP contribution in [0, 0.1) is 24.6 Å². The Labute approximate surface area is 220 Å². The van der Waals surface area contributed by atoms with Gasteiger partial charge in [-0.2, -0.15) is 0 Å². The predicted octanol–water partition coefficient (Wildman–Crippen LogP) is 4.70. The number of benzene rings is 2. The van der Waals surface area contributed by atoms with Gasteiger partial charge in [0.2, 0.25) is 5.88 Å². The van der Waals surface area contributed by atoms with Crippen molar-refractivity contribution in [1.82, 2.24) is 4.98 Å². The van der Waals surface area contributed by atoms with E-state index < -0.39 is 15.8 Å². The third-order valence-electron chi connectivity index (χ3n) is 8.01. The van der Waals surface area contributed by atoms with Crippen LogP contribution in [-0.4, -0.2) is 42.1 Å². The zero-order valence-corrected chi connectivity index (χ0v) is 21.7. The maximum atomic E-state index is 14.6. The zero-order chi connectivity index (χ0) is 26.6. The van der Waals surface area contributed by atoms with Gasteiger partial charge in [-0.25, -0.2) is 17.8 Å². The highest BCUT2D eigenvalue weighted by Crippen LogP contribution is 2.61. The van der Waals surface area contributed by atoms with Gasteiger partial charge in [0, 0.05) is 29.3 Å². The van der Waals surface area contributed by atoms with Crippen LogP contribution in [0.15, 0.2) is 48.7 Å². The number of hydrogen-bond acceptors (Lipinski definition) is 6. The average molecular weight is 538 g/mol. The fraction of sp³-hybridized carbons (Fsp3) is 0.379. The maximum absolute atomic E-state index is 14.6. The summed E-state index contributed by atoms with van der Waals surface area (Å²) in [6.07, 6.45) is 3.18. The number of ether oxygens (including phenoxy) is 2. The van der Waals surface area contributed by atoms with E-state index in [2.05, 4.69) is 4.98 Å². The van der Waals surface area contributed by atoms with Crippen molar-refractivity contribution in [2.24, 2.45) is 11.8 Å². The van der Waals surface area contributed by atoms with Crippen molar-refractivity contribution in [2.75, 3.05) is 11.5 Å². The fourth-order valence-corrected chi connectivity index (χ4v) is 7.33. The molecule has 1 saturated heterocycles. The van der Waals surface area contributed by atoms with Crippen LogP contribution in [-0.2, 0) is 27.7 Å². The van der Waals surface area contributed by atoms with Crippen LogP contribution in [0.2, 0.25) is 0 Å². The molecule has 9 heteroatoms. The molecule has 2 aromatic carbocycles. The van der Waals surface area contributed by atoms with Crippen LogP contribution < -0.4 is 9.47 Å². The molecular formula is C29H28FNO6S. The summed E-state index contributed by atoms with van der Waals surface area (Å²) in [5, 5.41) is 9.30. The summed E-state index contributed by atoms with van der Waals surface area (Å²) in [6.45, 7) is 1.99. The lowest BCUT2D eigenvalue weighted by Crippen LogP contribution is -2.30. The number of aromatic nitrogens is 1. The molecular weight excluding hydrogens is 509 g/mol. The molecule has 0 amide bonds. The molecule has 1 saturated carbocycles. The lowest BCUT2D eigenvalue weighted by Gasteiger charge is -2.23. The van der Waals surface area contributed by atoms with Gasteiger partial charge in [-0.3, -0.25) is 4.79 Å². The summed E-state index contributed by atoms with van der Waals surface area (Å²) in [5.41, 5.74) is 5.18. The number of aliphatic carboxylic acids is 1. The second-order valence-electron chi connectivity index (χ2n) is 10.5. The van der Waals surface area contributed by atoms with Crippen LogP contribution in [0.1, 0.15) is 41.0 Å². The first-order chi connectivity index (χ1) is 18.2. The molecule has 1 aliphatic heterocycles. The smallest absolute Gasteiger partial charge is 0.307 e. The normalized spacial score (nSPS) is 23.4. The Morgan fingerprint density at radius 3 is 2.66 bits per heavy atom. The molecule has 0 radical (unpaired) electrons. The summed E-state index contributed by atoms with van der Waals surface area (Å²) in [5.74, 6) is 0.281. The number of nitrogens with zero attached hydrogens (tertiary/aromatic N) is 1. The number of carbonyl (C=O) groups is 1. The highest BCUT2D eigenvalue weighted by Gasteiger charge is 2.59. The Hall–Kier alpha value is -3.46. The quantitative estimate of drug-likeness (QED) is 0.466. The van der Waals surface area contributed by atoms with E-state index in [0.29, 0.717) is 30.0 Å². The lowest BCUT2D eigenvalue weighted by molar-refractivity contribution is -0.139. The summed E-state index contributed by atoms with van der Waals surface area (Å²) >= 11 is 0. The molecule has 198 valence electrons. The third kappa shape index (κ3) is 4.75. The van der Waals surface area contributed by atoms with Crippen molar-refractivity contribution in [3.8, 4) is 22.8 Å².